The predicted octanol–water partition coefficient (Wildman–Crippen LogP) is 4.61. The summed E-state index contributed by atoms with van der Waals surface area (Å²) >= 11 is 0. The number of anilines is 1. The summed E-state index contributed by atoms with van der Waals surface area (Å²) in [5, 5.41) is 9.36. The zero-order chi connectivity index (χ0) is 17.2. The molecule has 2 saturated carbocycles. The fourth-order valence-electron chi connectivity index (χ4n) is 4.05. The van der Waals surface area contributed by atoms with E-state index in [1.165, 1.54) is 55.3 Å². The van der Waals surface area contributed by atoms with Crippen molar-refractivity contribution in [3.05, 3.63) is 23.3 Å². The van der Waals surface area contributed by atoms with Gasteiger partial charge in [-0.25, -0.2) is 0 Å². The number of rotatable bonds is 7. The van der Waals surface area contributed by atoms with Crippen LogP contribution in [0.25, 0.3) is 0 Å². The SMILES string of the molecule is CCCN(CCO)c1cc(C)c(C)c(OC2CCC3(CC2)CC3)c1. The Morgan fingerprint density at radius 1 is 1.12 bits per heavy atom. The van der Waals surface area contributed by atoms with Gasteiger partial charge >= 0.3 is 0 Å². The summed E-state index contributed by atoms with van der Waals surface area (Å²) in [7, 11) is 0. The van der Waals surface area contributed by atoms with Gasteiger partial charge in [0.2, 0.25) is 0 Å². The van der Waals surface area contributed by atoms with E-state index in [-0.39, 0.29) is 6.61 Å². The Balaban J connectivity index is 1.73. The molecule has 0 bridgehead atoms. The molecule has 2 fully saturated rings. The fraction of sp³-hybridized carbons (Fsp3) is 0.714. The third kappa shape index (κ3) is 3.88. The van der Waals surface area contributed by atoms with Gasteiger partial charge in [0, 0.05) is 24.8 Å². The number of aliphatic hydroxyl groups is 1. The molecule has 24 heavy (non-hydrogen) atoms. The van der Waals surface area contributed by atoms with Crippen LogP contribution in [0.3, 0.4) is 0 Å². The van der Waals surface area contributed by atoms with Crippen molar-refractivity contribution in [1.29, 1.82) is 0 Å². The molecule has 3 rings (SSSR count). The molecule has 1 aromatic carbocycles. The lowest BCUT2D eigenvalue weighted by molar-refractivity contribution is 0.123. The van der Waals surface area contributed by atoms with Gasteiger partial charge in [-0.1, -0.05) is 6.92 Å². The highest BCUT2D eigenvalue weighted by Crippen LogP contribution is 2.56. The van der Waals surface area contributed by atoms with E-state index in [1.807, 2.05) is 0 Å². The van der Waals surface area contributed by atoms with Gasteiger partial charge in [-0.15, -0.1) is 0 Å². The van der Waals surface area contributed by atoms with E-state index in [1.54, 1.807) is 0 Å². The molecule has 0 aromatic heterocycles. The second kappa shape index (κ2) is 7.35. The van der Waals surface area contributed by atoms with Gasteiger partial charge < -0.3 is 14.7 Å². The number of hydrogen-bond acceptors (Lipinski definition) is 3. The molecule has 1 aromatic rings. The maximum Gasteiger partial charge on any atom is 0.124 e. The second-order valence-corrected chi connectivity index (χ2v) is 7.91. The maximum absolute atomic E-state index is 9.36. The average molecular weight is 332 g/mol. The molecule has 0 radical (unpaired) electrons. The van der Waals surface area contributed by atoms with Crippen LogP contribution in [0.2, 0.25) is 0 Å². The molecule has 3 heteroatoms. The molecule has 1 spiro atoms. The Kier molecular flexibility index (Phi) is 5.39. The third-order valence-corrected chi connectivity index (χ3v) is 6.08. The molecule has 0 saturated heterocycles. The summed E-state index contributed by atoms with van der Waals surface area (Å²) in [5.41, 5.74) is 4.42. The van der Waals surface area contributed by atoms with Crippen LogP contribution in [0.5, 0.6) is 5.75 Å². The normalized spacial score (nSPS) is 19.5. The molecule has 3 nitrogen and oxygen atoms in total. The van der Waals surface area contributed by atoms with E-state index in [0.717, 1.165) is 18.7 Å². The van der Waals surface area contributed by atoms with E-state index in [4.69, 9.17) is 4.74 Å². The van der Waals surface area contributed by atoms with E-state index in [9.17, 15) is 5.11 Å². The first-order chi connectivity index (χ1) is 11.6. The molecular weight excluding hydrogens is 298 g/mol. The Hall–Kier alpha value is -1.22. The highest BCUT2D eigenvalue weighted by Gasteiger charge is 2.45. The molecular formula is C21H33NO2. The van der Waals surface area contributed by atoms with Gasteiger partial charge in [-0.05, 0) is 81.4 Å². The van der Waals surface area contributed by atoms with Crippen LogP contribution < -0.4 is 9.64 Å². The molecule has 0 unspecified atom stereocenters. The monoisotopic (exact) mass is 331 g/mol. The lowest BCUT2D eigenvalue weighted by Gasteiger charge is -2.30. The summed E-state index contributed by atoms with van der Waals surface area (Å²) in [5.74, 6) is 1.04. The number of ether oxygens (including phenoxy) is 1. The number of nitrogens with zero attached hydrogens (tertiary/aromatic N) is 1. The van der Waals surface area contributed by atoms with Crippen LogP contribution in [0.4, 0.5) is 5.69 Å². The topological polar surface area (TPSA) is 32.7 Å². The van der Waals surface area contributed by atoms with Gasteiger partial charge in [-0.2, -0.15) is 0 Å². The van der Waals surface area contributed by atoms with Crippen LogP contribution in [0, 0.1) is 19.3 Å². The number of benzene rings is 1. The van der Waals surface area contributed by atoms with Crippen LogP contribution in [0.15, 0.2) is 12.1 Å². The van der Waals surface area contributed by atoms with Crippen LogP contribution in [-0.2, 0) is 0 Å². The molecule has 2 aliphatic carbocycles. The summed E-state index contributed by atoms with van der Waals surface area (Å²) in [4.78, 5) is 2.26. The Morgan fingerprint density at radius 3 is 2.42 bits per heavy atom. The van der Waals surface area contributed by atoms with Crippen molar-refractivity contribution in [3.63, 3.8) is 0 Å². The van der Waals surface area contributed by atoms with E-state index >= 15 is 0 Å². The summed E-state index contributed by atoms with van der Waals surface area (Å²) in [6, 6.07) is 4.42. The summed E-state index contributed by atoms with van der Waals surface area (Å²) in [6.07, 6.45) is 9.45. The van der Waals surface area contributed by atoms with Gasteiger partial charge in [-0.3, -0.25) is 0 Å². The number of aliphatic hydroxyl groups excluding tert-OH is 1. The highest BCUT2D eigenvalue weighted by molar-refractivity contribution is 5.57. The lowest BCUT2D eigenvalue weighted by atomic mass is 9.85. The Bertz CT molecular complexity index is 549. The van der Waals surface area contributed by atoms with Crippen molar-refractivity contribution in [1.82, 2.24) is 0 Å². The van der Waals surface area contributed by atoms with Gasteiger partial charge in [0.25, 0.3) is 0 Å². The fourth-order valence-corrected chi connectivity index (χ4v) is 4.05. The van der Waals surface area contributed by atoms with Crippen molar-refractivity contribution < 1.29 is 9.84 Å². The highest BCUT2D eigenvalue weighted by atomic mass is 16.5. The van der Waals surface area contributed by atoms with Crippen molar-refractivity contribution in [2.75, 3.05) is 24.6 Å². The molecule has 1 N–H and O–H groups in total. The first kappa shape index (κ1) is 17.6. The quantitative estimate of drug-likeness (QED) is 0.792. The average Bonchev–Trinajstić information content (AvgIpc) is 3.33. The van der Waals surface area contributed by atoms with Crippen LogP contribution in [-0.4, -0.2) is 30.9 Å². The van der Waals surface area contributed by atoms with Crippen molar-refractivity contribution in [3.8, 4) is 5.75 Å². The smallest absolute Gasteiger partial charge is 0.124 e. The van der Waals surface area contributed by atoms with Gasteiger partial charge in [0.05, 0.1) is 12.7 Å². The first-order valence-electron chi connectivity index (χ1n) is 9.70. The number of hydrogen-bond donors (Lipinski definition) is 1. The molecule has 0 aliphatic heterocycles. The molecule has 2 aliphatic rings. The summed E-state index contributed by atoms with van der Waals surface area (Å²) < 4.78 is 6.45. The molecule has 134 valence electrons. The Labute approximate surface area is 147 Å². The minimum atomic E-state index is 0.188. The van der Waals surface area contributed by atoms with Gasteiger partial charge in [0.1, 0.15) is 5.75 Å². The zero-order valence-corrected chi connectivity index (χ0v) is 15.6. The van der Waals surface area contributed by atoms with E-state index < -0.39 is 0 Å². The third-order valence-electron chi connectivity index (χ3n) is 6.08. The minimum absolute atomic E-state index is 0.188. The van der Waals surface area contributed by atoms with Crippen molar-refractivity contribution >= 4 is 5.69 Å². The van der Waals surface area contributed by atoms with Crippen molar-refractivity contribution in [2.24, 2.45) is 5.41 Å². The molecule has 0 amide bonds. The van der Waals surface area contributed by atoms with Crippen LogP contribution in [0.1, 0.15) is 63.0 Å². The standard InChI is InChI=1S/C21H33NO2/c1-4-11-22(12-13-23)18-14-16(2)17(3)20(15-18)24-19-5-7-21(8-6-19)9-10-21/h14-15,19,23H,4-13H2,1-3H3. The Morgan fingerprint density at radius 2 is 1.83 bits per heavy atom. The largest absolute Gasteiger partial charge is 0.490 e. The lowest BCUT2D eigenvalue weighted by Crippen LogP contribution is -2.28. The van der Waals surface area contributed by atoms with Crippen molar-refractivity contribution in [2.45, 2.75) is 71.8 Å². The first-order valence-corrected chi connectivity index (χ1v) is 9.70. The second-order valence-electron chi connectivity index (χ2n) is 7.91. The van der Waals surface area contributed by atoms with Gasteiger partial charge in [0.15, 0.2) is 0 Å². The predicted molar refractivity (Wildman–Crippen MR) is 100 cm³/mol. The molecule has 0 heterocycles. The van der Waals surface area contributed by atoms with E-state index in [2.05, 4.69) is 37.8 Å². The zero-order valence-electron chi connectivity index (χ0n) is 15.6. The van der Waals surface area contributed by atoms with E-state index in [0.29, 0.717) is 18.1 Å². The maximum atomic E-state index is 9.36. The minimum Gasteiger partial charge on any atom is -0.490 e. The number of aryl methyl sites for hydroxylation is 1. The molecule has 0 atom stereocenters. The van der Waals surface area contributed by atoms with Crippen LogP contribution >= 0.6 is 0 Å². The summed E-state index contributed by atoms with van der Waals surface area (Å²) in [6.45, 7) is 8.34.